The molecule has 0 N–H and O–H groups in total. The largest absolute Gasteiger partial charge is 0.245 e. The fraction of sp³-hybridized carbons (Fsp3) is 0.500. The average Bonchev–Trinajstić information content (AvgIpc) is 2.54. The van der Waals surface area contributed by atoms with Crippen molar-refractivity contribution < 1.29 is 0 Å². The Kier molecular flexibility index (Phi) is 4.83. The Morgan fingerprint density at radius 2 is 1.50 bits per heavy atom. The monoisotopic (exact) mass is 300 g/mol. The van der Waals surface area contributed by atoms with Crippen molar-refractivity contribution in [2.45, 2.75) is 33.2 Å². The average molecular weight is 300 g/mol. The van der Waals surface area contributed by atoms with E-state index in [-0.39, 0.29) is 5.54 Å². The van der Waals surface area contributed by atoms with Gasteiger partial charge in [0.25, 0.3) is 0 Å². The predicted molar refractivity (Wildman–Crippen MR) is 86.9 cm³/mol. The standard InChI is InChI=1S/C16H24N6/c1-7-21(5)22(6)16(3,4)14-10-8-13(9-11-14)15-19-17-12(2)18-20-15/h8-11H,7H2,1-6H3. The first kappa shape index (κ1) is 16.5. The van der Waals surface area contributed by atoms with Crippen molar-refractivity contribution in [3.8, 4) is 11.4 Å². The third kappa shape index (κ3) is 3.28. The lowest BCUT2D eigenvalue weighted by molar-refractivity contribution is -0.0555. The quantitative estimate of drug-likeness (QED) is 0.790. The molecule has 0 saturated heterocycles. The Bertz CT molecular complexity index is 606. The highest BCUT2D eigenvalue weighted by atomic mass is 15.6. The fourth-order valence-corrected chi connectivity index (χ4v) is 2.25. The van der Waals surface area contributed by atoms with Crippen LogP contribution in [0.3, 0.4) is 0 Å². The maximum absolute atomic E-state index is 4.07. The zero-order chi connectivity index (χ0) is 16.3. The molecule has 0 fully saturated rings. The number of aryl methyl sites for hydroxylation is 1. The summed E-state index contributed by atoms with van der Waals surface area (Å²) in [6.45, 7) is 9.30. The third-order valence-electron chi connectivity index (χ3n) is 4.21. The van der Waals surface area contributed by atoms with Crippen molar-refractivity contribution >= 4 is 0 Å². The van der Waals surface area contributed by atoms with E-state index in [0.29, 0.717) is 11.6 Å². The zero-order valence-corrected chi connectivity index (χ0v) is 14.2. The molecule has 1 aromatic heterocycles. The molecule has 1 aromatic carbocycles. The Labute approximate surface area is 132 Å². The van der Waals surface area contributed by atoms with Gasteiger partial charge in [-0.15, -0.1) is 20.4 Å². The fourth-order valence-electron chi connectivity index (χ4n) is 2.25. The first-order valence-corrected chi connectivity index (χ1v) is 7.46. The molecule has 6 nitrogen and oxygen atoms in total. The van der Waals surface area contributed by atoms with E-state index in [1.54, 1.807) is 6.92 Å². The van der Waals surface area contributed by atoms with Crippen LogP contribution in [0.4, 0.5) is 0 Å². The third-order valence-corrected chi connectivity index (χ3v) is 4.21. The number of rotatable bonds is 5. The van der Waals surface area contributed by atoms with Crippen molar-refractivity contribution in [1.29, 1.82) is 0 Å². The van der Waals surface area contributed by atoms with E-state index in [4.69, 9.17) is 0 Å². The van der Waals surface area contributed by atoms with Gasteiger partial charge in [-0.25, -0.2) is 10.0 Å². The van der Waals surface area contributed by atoms with Gasteiger partial charge in [0.15, 0.2) is 5.82 Å². The SMILES string of the molecule is CCN(C)N(C)C(C)(C)c1ccc(-c2nnc(C)nn2)cc1. The molecule has 6 heteroatoms. The lowest BCUT2D eigenvalue weighted by Crippen LogP contribution is -2.48. The second kappa shape index (κ2) is 6.46. The van der Waals surface area contributed by atoms with Gasteiger partial charge in [-0.3, -0.25) is 0 Å². The summed E-state index contributed by atoms with van der Waals surface area (Å²) in [5.74, 6) is 1.12. The molecule has 0 unspecified atom stereocenters. The summed E-state index contributed by atoms with van der Waals surface area (Å²) in [6, 6.07) is 8.26. The molecular weight excluding hydrogens is 276 g/mol. The van der Waals surface area contributed by atoms with Gasteiger partial charge in [0.2, 0.25) is 5.82 Å². The topological polar surface area (TPSA) is 58.0 Å². The van der Waals surface area contributed by atoms with Crippen LogP contribution >= 0.6 is 0 Å². The van der Waals surface area contributed by atoms with Crippen LogP contribution in [0.15, 0.2) is 24.3 Å². The van der Waals surface area contributed by atoms with Gasteiger partial charge < -0.3 is 0 Å². The van der Waals surface area contributed by atoms with Crippen molar-refractivity contribution in [1.82, 2.24) is 30.4 Å². The smallest absolute Gasteiger partial charge is 0.203 e. The number of hydrazine groups is 1. The molecule has 0 aliphatic heterocycles. The van der Waals surface area contributed by atoms with Crippen molar-refractivity contribution in [3.05, 3.63) is 35.7 Å². The minimum Gasteiger partial charge on any atom is -0.245 e. The molecular formula is C16H24N6. The van der Waals surface area contributed by atoms with Crippen LogP contribution in [-0.2, 0) is 5.54 Å². The van der Waals surface area contributed by atoms with Gasteiger partial charge in [0, 0.05) is 26.2 Å². The van der Waals surface area contributed by atoms with E-state index in [0.717, 1.165) is 12.1 Å². The van der Waals surface area contributed by atoms with Gasteiger partial charge in [0.05, 0.1) is 5.54 Å². The minimum absolute atomic E-state index is 0.103. The van der Waals surface area contributed by atoms with Gasteiger partial charge in [-0.2, -0.15) is 0 Å². The maximum Gasteiger partial charge on any atom is 0.203 e. The van der Waals surface area contributed by atoms with Crippen LogP contribution < -0.4 is 0 Å². The zero-order valence-electron chi connectivity index (χ0n) is 14.2. The molecule has 0 saturated carbocycles. The highest BCUT2D eigenvalue weighted by Crippen LogP contribution is 2.28. The first-order chi connectivity index (χ1) is 10.4. The van der Waals surface area contributed by atoms with Crippen molar-refractivity contribution in [2.75, 3.05) is 20.6 Å². The molecule has 0 bridgehead atoms. The Balaban J connectivity index is 2.26. The molecule has 0 aliphatic carbocycles. The van der Waals surface area contributed by atoms with E-state index >= 15 is 0 Å². The van der Waals surface area contributed by atoms with E-state index in [1.165, 1.54) is 5.56 Å². The van der Waals surface area contributed by atoms with E-state index in [9.17, 15) is 0 Å². The molecule has 0 spiro atoms. The van der Waals surface area contributed by atoms with Crippen molar-refractivity contribution in [3.63, 3.8) is 0 Å². The second-order valence-corrected chi connectivity index (χ2v) is 5.90. The second-order valence-electron chi connectivity index (χ2n) is 5.90. The highest BCUT2D eigenvalue weighted by molar-refractivity contribution is 5.54. The van der Waals surface area contributed by atoms with E-state index in [2.05, 4.69) is 77.4 Å². The van der Waals surface area contributed by atoms with Crippen LogP contribution in [0.25, 0.3) is 11.4 Å². The van der Waals surface area contributed by atoms with Gasteiger partial charge in [-0.1, -0.05) is 31.2 Å². The summed E-state index contributed by atoms with van der Waals surface area (Å²) in [4.78, 5) is 0. The summed E-state index contributed by atoms with van der Waals surface area (Å²) in [7, 11) is 4.20. The van der Waals surface area contributed by atoms with E-state index < -0.39 is 0 Å². The Morgan fingerprint density at radius 1 is 0.955 bits per heavy atom. The molecule has 2 aromatic rings. The van der Waals surface area contributed by atoms with Gasteiger partial charge >= 0.3 is 0 Å². The van der Waals surface area contributed by atoms with Gasteiger partial charge in [-0.05, 0) is 26.3 Å². The van der Waals surface area contributed by atoms with Crippen LogP contribution in [0.1, 0.15) is 32.2 Å². The molecule has 22 heavy (non-hydrogen) atoms. The molecule has 1 heterocycles. The first-order valence-electron chi connectivity index (χ1n) is 7.46. The Hall–Kier alpha value is -1.92. The normalized spacial score (nSPS) is 12.2. The summed E-state index contributed by atoms with van der Waals surface area (Å²) in [5, 5.41) is 20.5. The van der Waals surface area contributed by atoms with Crippen LogP contribution in [0, 0.1) is 6.92 Å². The molecule has 0 amide bonds. The molecule has 2 rings (SSSR count). The van der Waals surface area contributed by atoms with Crippen LogP contribution in [0.2, 0.25) is 0 Å². The summed E-state index contributed by atoms with van der Waals surface area (Å²) >= 11 is 0. The van der Waals surface area contributed by atoms with Gasteiger partial charge in [0.1, 0.15) is 0 Å². The van der Waals surface area contributed by atoms with Crippen molar-refractivity contribution in [2.24, 2.45) is 0 Å². The summed E-state index contributed by atoms with van der Waals surface area (Å²) < 4.78 is 0. The number of aromatic nitrogens is 4. The van der Waals surface area contributed by atoms with Crippen LogP contribution in [-0.4, -0.2) is 51.1 Å². The Morgan fingerprint density at radius 3 is 2.00 bits per heavy atom. The number of hydrogen-bond acceptors (Lipinski definition) is 6. The molecule has 118 valence electrons. The predicted octanol–water partition coefficient (Wildman–Crippen LogP) is 2.28. The highest BCUT2D eigenvalue weighted by Gasteiger charge is 2.28. The maximum atomic E-state index is 4.07. The number of hydrogen-bond donors (Lipinski definition) is 0. The summed E-state index contributed by atoms with van der Waals surface area (Å²) in [6.07, 6.45) is 0. The number of benzene rings is 1. The molecule has 0 atom stereocenters. The molecule has 0 radical (unpaired) electrons. The molecule has 0 aliphatic rings. The number of nitrogens with zero attached hydrogens (tertiary/aromatic N) is 6. The minimum atomic E-state index is -0.103. The lowest BCUT2D eigenvalue weighted by atomic mass is 9.93. The summed E-state index contributed by atoms with van der Waals surface area (Å²) in [5.41, 5.74) is 2.05. The van der Waals surface area contributed by atoms with E-state index in [1.807, 2.05) is 12.1 Å². The lowest BCUT2D eigenvalue weighted by Gasteiger charge is -2.41. The van der Waals surface area contributed by atoms with Crippen LogP contribution in [0.5, 0.6) is 0 Å².